The SMILES string of the molecule is C[C@]12C[C@H](c3ccc(-c4ccc(C#N)cc4)cc3)C3C4CCC(=O)C=C4CCC3C1CC[C@@H]2O. The van der Waals surface area contributed by atoms with Crippen molar-refractivity contribution in [3.63, 3.8) is 0 Å². The van der Waals surface area contributed by atoms with E-state index in [2.05, 4.69) is 37.3 Å². The molecule has 3 fully saturated rings. The Labute approximate surface area is 202 Å². The van der Waals surface area contributed by atoms with E-state index in [0.717, 1.165) is 49.7 Å². The molecular weight excluding hydrogens is 418 g/mol. The van der Waals surface area contributed by atoms with Crippen molar-refractivity contribution in [3.05, 3.63) is 71.3 Å². The number of benzene rings is 2. The maximum atomic E-state index is 12.2. The summed E-state index contributed by atoms with van der Waals surface area (Å²) in [7, 11) is 0. The Kier molecular flexibility index (Phi) is 5.26. The number of ketones is 1. The number of nitriles is 1. The first kappa shape index (κ1) is 21.8. The van der Waals surface area contributed by atoms with Gasteiger partial charge in [-0.05, 0) is 108 Å². The third kappa shape index (κ3) is 3.38. The number of nitrogens with zero attached hydrogens (tertiary/aromatic N) is 1. The highest BCUT2D eigenvalue weighted by Crippen LogP contribution is 2.65. The Morgan fingerprint density at radius 3 is 2.32 bits per heavy atom. The van der Waals surface area contributed by atoms with E-state index in [1.807, 2.05) is 30.3 Å². The van der Waals surface area contributed by atoms with Gasteiger partial charge in [0.2, 0.25) is 0 Å². The Bertz CT molecular complexity index is 1170. The molecule has 3 heteroatoms. The summed E-state index contributed by atoms with van der Waals surface area (Å²) in [6, 6.07) is 19.0. The highest BCUT2D eigenvalue weighted by Gasteiger charge is 2.59. The van der Waals surface area contributed by atoms with Crippen LogP contribution in [0.1, 0.15) is 68.9 Å². The van der Waals surface area contributed by atoms with Crippen molar-refractivity contribution >= 4 is 5.78 Å². The minimum absolute atomic E-state index is 0.0106. The minimum atomic E-state index is -0.205. The van der Waals surface area contributed by atoms with Gasteiger partial charge in [0.1, 0.15) is 0 Å². The van der Waals surface area contributed by atoms with E-state index >= 15 is 0 Å². The molecule has 1 N–H and O–H groups in total. The summed E-state index contributed by atoms with van der Waals surface area (Å²) < 4.78 is 0. The highest BCUT2D eigenvalue weighted by atomic mass is 16.3. The normalized spacial score (nSPS) is 36.6. The predicted octanol–water partition coefficient (Wildman–Crippen LogP) is 6.42. The van der Waals surface area contributed by atoms with Crippen molar-refractivity contribution < 1.29 is 9.90 Å². The summed E-state index contributed by atoms with van der Waals surface area (Å²) in [5, 5.41) is 20.1. The average Bonchev–Trinajstić information content (AvgIpc) is 3.17. The summed E-state index contributed by atoms with van der Waals surface area (Å²) >= 11 is 0. The number of aliphatic hydroxyl groups is 1. The first-order chi connectivity index (χ1) is 16.5. The molecule has 0 amide bonds. The van der Waals surface area contributed by atoms with Gasteiger partial charge >= 0.3 is 0 Å². The minimum Gasteiger partial charge on any atom is -0.393 e. The van der Waals surface area contributed by atoms with Crippen LogP contribution in [-0.2, 0) is 4.79 Å². The molecule has 6 rings (SSSR count). The predicted molar refractivity (Wildman–Crippen MR) is 133 cm³/mol. The van der Waals surface area contributed by atoms with E-state index < -0.39 is 0 Å². The molecule has 2 aromatic rings. The summed E-state index contributed by atoms with van der Waals surface area (Å²) in [6.45, 7) is 2.35. The van der Waals surface area contributed by atoms with Gasteiger partial charge in [-0.15, -0.1) is 0 Å². The smallest absolute Gasteiger partial charge is 0.155 e. The quantitative estimate of drug-likeness (QED) is 0.573. The maximum Gasteiger partial charge on any atom is 0.155 e. The molecule has 174 valence electrons. The number of carbonyl (C=O) groups is 1. The lowest BCUT2D eigenvalue weighted by Gasteiger charge is -2.57. The van der Waals surface area contributed by atoms with Crippen LogP contribution in [0.2, 0.25) is 0 Å². The van der Waals surface area contributed by atoms with Crippen molar-refractivity contribution in [2.75, 3.05) is 0 Å². The van der Waals surface area contributed by atoms with E-state index in [1.54, 1.807) is 0 Å². The van der Waals surface area contributed by atoms with Crippen molar-refractivity contribution in [3.8, 4) is 17.2 Å². The van der Waals surface area contributed by atoms with Crippen LogP contribution in [0.3, 0.4) is 0 Å². The maximum absolute atomic E-state index is 12.2. The van der Waals surface area contributed by atoms with Crippen LogP contribution in [0, 0.1) is 40.4 Å². The summed E-state index contributed by atoms with van der Waals surface area (Å²) in [5.74, 6) is 3.04. The van der Waals surface area contributed by atoms with E-state index in [-0.39, 0.29) is 11.5 Å². The highest BCUT2D eigenvalue weighted by molar-refractivity contribution is 5.91. The molecule has 0 saturated heterocycles. The number of allylic oxidation sites excluding steroid dienone is 1. The zero-order chi connectivity index (χ0) is 23.4. The molecule has 3 nitrogen and oxygen atoms in total. The lowest BCUT2D eigenvalue weighted by molar-refractivity contribution is -0.116. The molecule has 0 radical (unpaired) electrons. The van der Waals surface area contributed by atoms with Crippen LogP contribution in [0.15, 0.2) is 60.2 Å². The van der Waals surface area contributed by atoms with Gasteiger partial charge in [-0.3, -0.25) is 4.79 Å². The molecule has 2 aromatic carbocycles. The van der Waals surface area contributed by atoms with Crippen LogP contribution in [0.25, 0.3) is 11.1 Å². The third-order valence-corrected chi connectivity index (χ3v) is 9.94. The molecule has 0 bridgehead atoms. The van der Waals surface area contributed by atoms with Gasteiger partial charge in [-0.1, -0.05) is 48.9 Å². The Balaban J connectivity index is 1.37. The van der Waals surface area contributed by atoms with Gasteiger partial charge in [0.15, 0.2) is 5.78 Å². The van der Waals surface area contributed by atoms with Crippen LogP contribution < -0.4 is 0 Å². The van der Waals surface area contributed by atoms with Crippen LogP contribution in [-0.4, -0.2) is 17.0 Å². The van der Waals surface area contributed by atoms with Crippen molar-refractivity contribution in [1.29, 1.82) is 5.26 Å². The summed E-state index contributed by atoms with van der Waals surface area (Å²) in [4.78, 5) is 12.2. The number of fused-ring (bicyclic) bond motifs is 5. The lowest BCUT2D eigenvalue weighted by Crippen LogP contribution is -2.50. The number of hydrogen-bond acceptors (Lipinski definition) is 3. The van der Waals surface area contributed by atoms with Gasteiger partial charge in [-0.2, -0.15) is 5.26 Å². The molecule has 0 spiro atoms. The number of carbonyl (C=O) groups excluding carboxylic acids is 1. The van der Waals surface area contributed by atoms with Crippen molar-refractivity contribution in [2.24, 2.45) is 29.1 Å². The second-order valence-electron chi connectivity index (χ2n) is 11.4. The van der Waals surface area contributed by atoms with E-state index in [0.29, 0.717) is 47.4 Å². The average molecular weight is 452 g/mol. The molecule has 4 aliphatic rings. The molecule has 7 atom stereocenters. The van der Waals surface area contributed by atoms with E-state index in [9.17, 15) is 9.90 Å². The fourth-order valence-electron chi connectivity index (χ4n) is 8.28. The Morgan fingerprint density at radius 2 is 1.62 bits per heavy atom. The second-order valence-corrected chi connectivity index (χ2v) is 11.4. The fraction of sp³-hybridized carbons (Fsp3) is 0.484. The molecule has 4 aliphatic carbocycles. The fourth-order valence-corrected chi connectivity index (χ4v) is 8.28. The lowest BCUT2D eigenvalue weighted by atomic mass is 9.48. The van der Waals surface area contributed by atoms with E-state index in [1.165, 1.54) is 11.1 Å². The summed E-state index contributed by atoms with van der Waals surface area (Å²) in [6.07, 6.45) is 8.79. The molecule has 34 heavy (non-hydrogen) atoms. The van der Waals surface area contributed by atoms with Crippen LogP contribution in [0.4, 0.5) is 0 Å². The number of aliphatic hydroxyl groups excluding tert-OH is 1. The van der Waals surface area contributed by atoms with E-state index in [4.69, 9.17) is 5.26 Å². The Morgan fingerprint density at radius 1 is 0.912 bits per heavy atom. The molecular formula is C31H33NO2. The zero-order valence-corrected chi connectivity index (χ0v) is 19.9. The van der Waals surface area contributed by atoms with Crippen LogP contribution in [0.5, 0.6) is 0 Å². The molecule has 4 unspecified atom stereocenters. The summed E-state index contributed by atoms with van der Waals surface area (Å²) in [5.41, 5.74) is 5.74. The second kappa shape index (κ2) is 8.21. The van der Waals surface area contributed by atoms with Crippen molar-refractivity contribution in [2.45, 2.75) is 63.9 Å². The van der Waals surface area contributed by atoms with Gasteiger partial charge in [-0.25, -0.2) is 0 Å². The molecule has 0 aromatic heterocycles. The van der Waals surface area contributed by atoms with Gasteiger partial charge in [0.25, 0.3) is 0 Å². The number of rotatable bonds is 2. The van der Waals surface area contributed by atoms with Gasteiger partial charge in [0.05, 0.1) is 17.7 Å². The first-order valence-electron chi connectivity index (χ1n) is 13.0. The number of hydrogen-bond donors (Lipinski definition) is 1. The van der Waals surface area contributed by atoms with Crippen molar-refractivity contribution in [1.82, 2.24) is 0 Å². The standard InChI is InChI=1S/C31H33NO2/c1-31-17-27(22-8-6-21(7-9-22)20-4-2-19(18-32)3-5-20)30-25-13-11-24(33)16-23(25)10-12-26(30)28(31)14-15-29(31)34/h2-9,16,25-30,34H,10-15,17H2,1H3/t25?,26?,27-,28?,29+,30?,31+/m1/s1. The topological polar surface area (TPSA) is 61.1 Å². The molecule has 0 heterocycles. The zero-order valence-electron chi connectivity index (χ0n) is 19.9. The third-order valence-electron chi connectivity index (χ3n) is 9.94. The Hall–Kier alpha value is -2.70. The largest absolute Gasteiger partial charge is 0.393 e. The van der Waals surface area contributed by atoms with Crippen LogP contribution >= 0.6 is 0 Å². The van der Waals surface area contributed by atoms with Gasteiger partial charge in [0, 0.05) is 6.42 Å². The molecule has 3 saturated carbocycles. The monoisotopic (exact) mass is 451 g/mol. The first-order valence-corrected chi connectivity index (χ1v) is 13.0. The molecule has 0 aliphatic heterocycles. The van der Waals surface area contributed by atoms with Gasteiger partial charge < -0.3 is 5.11 Å².